The molecule has 0 fully saturated rings. The summed E-state index contributed by atoms with van der Waals surface area (Å²) in [7, 11) is 0. The van der Waals surface area contributed by atoms with Crippen LogP contribution in [0.25, 0.3) is 0 Å². The normalized spacial score (nSPS) is 22.2. The number of nitrogens with zero attached hydrogens (tertiary/aromatic N) is 1. The first-order valence-corrected chi connectivity index (χ1v) is 3.96. The van der Waals surface area contributed by atoms with Gasteiger partial charge in [-0.3, -0.25) is 0 Å². The molecule has 12 heavy (non-hydrogen) atoms. The van der Waals surface area contributed by atoms with Crippen molar-refractivity contribution >= 4 is 5.69 Å². The largest absolute Gasteiger partial charge is 0.221 e. The van der Waals surface area contributed by atoms with Crippen molar-refractivity contribution < 1.29 is 8.87 Å². The molecule has 1 nitrogen and oxygen atoms in total. The first-order chi connectivity index (χ1) is 5.79. The minimum atomic E-state index is -1.47. The van der Waals surface area contributed by atoms with Gasteiger partial charge < -0.3 is 0 Å². The number of hydrogen-bond acceptors (Lipinski definition) is 1. The molecule has 1 atom stereocenters. The zero-order valence-corrected chi connectivity index (χ0v) is 6.50. The van der Waals surface area contributed by atoms with Gasteiger partial charge in [-0.15, -0.1) is 0 Å². The van der Waals surface area contributed by atoms with Crippen LogP contribution in [0.1, 0.15) is 12.0 Å². The van der Waals surface area contributed by atoms with Crippen LogP contribution in [-0.2, 0) is 6.42 Å². The van der Waals surface area contributed by atoms with E-state index in [9.17, 15) is 8.87 Å². The molecule has 1 heterocycles. The van der Waals surface area contributed by atoms with E-state index in [4.69, 9.17) is 0 Å². The zero-order valence-electron chi connectivity index (χ0n) is 6.50. The van der Waals surface area contributed by atoms with Gasteiger partial charge in [-0.1, -0.05) is 22.7 Å². The number of anilines is 1. The van der Waals surface area contributed by atoms with E-state index in [-0.39, 0.29) is 11.5 Å². The van der Waals surface area contributed by atoms with Crippen LogP contribution < -0.4 is 5.12 Å². The third kappa shape index (κ3) is 1.05. The maximum Gasteiger partial charge on any atom is 0.200 e. The van der Waals surface area contributed by atoms with Crippen molar-refractivity contribution in [2.45, 2.75) is 19.1 Å². The summed E-state index contributed by atoms with van der Waals surface area (Å²) in [6, 6.07) is 6.98. The second kappa shape index (κ2) is 2.73. The molecule has 3 heteroatoms. The number of fused-ring (bicyclic) bond motifs is 1. The van der Waals surface area contributed by atoms with E-state index < -0.39 is 6.30 Å². The lowest BCUT2D eigenvalue weighted by molar-refractivity contribution is 0.204. The van der Waals surface area contributed by atoms with E-state index in [0.29, 0.717) is 12.1 Å². The molecular weight excluding hydrogens is 160 g/mol. The lowest BCUT2D eigenvalue weighted by Crippen LogP contribution is -2.28. The Hall–Kier alpha value is -1.12. The molecule has 0 amide bonds. The van der Waals surface area contributed by atoms with Crippen LogP contribution in [0.4, 0.5) is 14.6 Å². The first kappa shape index (κ1) is 7.53. The molecule has 2 rings (SSSR count). The molecule has 1 aliphatic heterocycles. The molecule has 0 radical (unpaired) electrons. The van der Waals surface area contributed by atoms with Crippen LogP contribution >= 0.6 is 0 Å². The first-order valence-electron chi connectivity index (χ1n) is 3.96. The number of alkyl halides is 1. The Bertz CT molecular complexity index is 288. The van der Waals surface area contributed by atoms with Gasteiger partial charge in [0.15, 0.2) is 0 Å². The van der Waals surface area contributed by atoms with E-state index in [1.807, 2.05) is 12.1 Å². The van der Waals surface area contributed by atoms with Crippen molar-refractivity contribution in [2.24, 2.45) is 0 Å². The van der Waals surface area contributed by atoms with Crippen molar-refractivity contribution in [2.75, 3.05) is 5.12 Å². The Morgan fingerprint density at radius 1 is 1.33 bits per heavy atom. The molecule has 1 unspecified atom stereocenters. The number of benzene rings is 1. The quantitative estimate of drug-likeness (QED) is 0.426. The highest BCUT2D eigenvalue weighted by molar-refractivity contribution is 5.53. The van der Waals surface area contributed by atoms with E-state index in [1.165, 1.54) is 0 Å². The summed E-state index contributed by atoms with van der Waals surface area (Å²) in [5.41, 5.74) is 1.25. The summed E-state index contributed by atoms with van der Waals surface area (Å²) < 4.78 is 25.8. The molecule has 0 aromatic heterocycles. The molecule has 1 aromatic carbocycles. The van der Waals surface area contributed by atoms with Crippen molar-refractivity contribution in [1.82, 2.24) is 0 Å². The van der Waals surface area contributed by atoms with Crippen LogP contribution in [0.15, 0.2) is 24.3 Å². The zero-order chi connectivity index (χ0) is 8.55. The fourth-order valence-corrected chi connectivity index (χ4v) is 1.47. The Kier molecular flexibility index (Phi) is 1.71. The van der Waals surface area contributed by atoms with E-state index >= 15 is 0 Å². The molecule has 0 saturated heterocycles. The van der Waals surface area contributed by atoms with Gasteiger partial charge in [0.2, 0.25) is 6.30 Å². The monoisotopic (exact) mass is 169 g/mol. The molecule has 0 spiro atoms. The topological polar surface area (TPSA) is 3.24 Å². The fourth-order valence-electron chi connectivity index (χ4n) is 1.47. The van der Waals surface area contributed by atoms with Gasteiger partial charge >= 0.3 is 0 Å². The number of halogens is 2. The number of aryl methyl sites for hydroxylation is 1. The van der Waals surface area contributed by atoms with Gasteiger partial charge in [-0.2, -0.15) is 5.12 Å². The minimum Gasteiger partial charge on any atom is -0.221 e. The Labute approximate surface area is 69.5 Å². The number of rotatable bonds is 0. The van der Waals surface area contributed by atoms with Gasteiger partial charge in [0.1, 0.15) is 0 Å². The highest BCUT2D eigenvalue weighted by Gasteiger charge is 2.25. The maximum absolute atomic E-state index is 13.0. The third-order valence-corrected chi connectivity index (χ3v) is 2.12. The van der Waals surface area contributed by atoms with Gasteiger partial charge in [-0.05, 0) is 18.1 Å². The number of hydrogen-bond donors (Lipinski definition) is 0. The predicted molar refractivity (Wildman–Crippen MR) is 43.2 cm³/mol. The molecule has 64 valence electrons. The molecule has 0 bridgehead atoms. The minimum absolute atomic E-state index is 0.207. The standard InChI is InChI=1S/C9H9F2N/c10-9-6-5-7-3-1-2-4-8(7)12(9)11/h1-4,9H,5-6H2. The van der Waals surface area contributed by atoms with E-state index in [2.05, 4.69) is 0 Å². The van der Waals surface area contributed by atoms with Gasteiger partial charge in [-0.25, -0.2) is 4.39 Å². The van der Waals surface area contributed by atoms with Crippen molar-refractivity contribution in [1.29, 1.82) is 0 Å². The summed E-state index contributed by atoms with van der Waals surface area (Å²) in [5, 5.41) is 0.207. The van der Waals surface area contributed by atoms with Crippen molar-refractivity contribution in [3.8, 4) is 0 Å². The lowest BCUT2D eigenvalue weighted by Gasteiger charge is -2.25. The Morgan fingerprint density at radius 2 is 2.08 bits per heavy atom. The fraction of sp³-hybridized carbons (Fsp3) is 0.333. The van der Waals surface area contributed by atoms with Gasteiger partial charge in [0.05, 0.1) is 5.69 Å². The number of para-hydroxylation sites is 1. The third-order valence-electron chi connectivity index (χ3n) is 2.12. The molecule has 1 aliphatic rings. The second-order valence-corrected chi connectivity index (χ2v) is 2.91. The Balaban J connectivity index is 2.42. The molecule has 0 saturated carbocycles. The van der Waals surface area contributed by atoms with Crippen LogP contribution in [0.2, 0.25) is 0 Å². The lowest BCUT2D eigenvalue weighted by atomic mass is 10.0. The molecule has 0 aliphatic carbocycles. The van der Waals surface area contributed by atoms with Crippen LogP contribution in [0.5, 0.6) is 0 Å². The van der Waals surface area contributed by atoms with Gasteiger partial charge in [0.25, 0.3) is 0 Å². The summed E-state index contributed by atoms with van der Waals surface area (Å²) in [4.78, 5) is 0. The second-order valence-electron chi connectivity index (χ2n) is 2.91. The molecular formula is C9H9F2N. The van der Waals surface area contributed by atoms with E-state index in [1.54, 1.807) is 12.1 Å². The van der Waals surface area contributed by atoms with Crippen molar-refractivity contribution in [3.63, 3.8) is 0 Å². The smallest absolute Gasteiger partial charge is 0.200 e. The van der Waals surface area contributed by atoms with E-state index in [0.717, 1.165) is 5.56 Å². The van der Waals surface area contributed by atoms with Gasteiger partial charge in [0, 0.05) is 6.42 Å². The maximum atomic E-state index is 13.0. The highest BCUT2D eigenvalue weighted by atomic mass is 19.2. The summed E-state index contributed by atoms with van der Waals surface area (Å²) in [5.74, 6) is 0. The average Bonchev–Trinajstić information content (AvgIpc) is 2.12. The predicted octanol–water partition coefficient (Wildman–Crippen LogP) is 2.62. The summed E-state index contributed by atoms with van der Waals surface area (Å²) >= 11 is 0. The average molecular weight is 169 g/mol. The molecule has 0 N–H and O–H groups in total. The molecule has 1 aromatic rings. The van der Waals surface area contributed by atoms with Crippen LogP contribution in [-0.4, -0.2) is 6.30 Å². The Morgan fingerprint density at radius 3 is 2.92 bits per heavy atom. The summed E-state index contributed by atoms with van der Waals surface area (Å²) in [6.45, 7) is 0. The van der Waals surface area contributed by atoms with Crippen molar-refractivity contribution in [3.05, 3.63) is 29.8 Å². The highest BCUT2D eigenvalue weighted by Crippen LogP contribution is 2.30. The van der Waals surface area contributed by atoms with Crippen LogP contribution in [0, 0.1) is 0 Å². The summed E-state index contributed by atoms with van der Waals surface area (Å²) in [6.07, 6.45) is -0.606. The SMILES string of the molecule is FC1CCc2ccccc2N1F. The van der Waals surface area contributed by atoms with Crippen LogP contribution in [0.3, 0.4) is 0 Å².